The first-order valence-electron chi connectivity index (χ1n) is 14.2. The highest BCUT2D eigenvalue weighted by atomic mass is 35.5. The first kappa shape index (κ1) is 29.8. The number of phenols is 2. The highest BCUT2D eigenvalue weighted by Crippen LogP contribution is 2.33. The Hall–Kier alpha value is -4.70. The van der Waals surface area contributed by atoms with Gasteiger partial charge in [0.1, 0.15) is 11.9 Å². The van der Waals surface area contributed by atoms with Crippen molar-refractivity contribution in [3.8, 4) is 17.2 Å². The fourth-order valence-electron chi connectivity index (χ4n) is 5.10. The number of amides is 2. The number of aryl methyl sites for hydroxylation is 2. The highest BCUT2D eigenvalue weighted by Gasteiger charge is 2.29. The topological polar surface area (TPSA) is 142 Å². The summed E-state index contributed by atoms with van der Waals surface area (Å²) in [6, 6.07) is 17.4. The molecule has 1 atom stereocenters. The van der Waals surface area contributed by atoms with Gasteiger partial charge in [-0.3, -0.25) is 19.1 Å². The molecular formula is C32H33ClN6O4. The number of aromatic nitrogens is 3. The zero-order chi connectivity index (χ0) is 30.5. The predicted molar refractivity (Wildman–Crippen MR) is 164 cm³/mol. The van der Waals surface area contributed by atoms with E-state index >= 15 is 0 Å². The summed E-state index contributed by atoms with van der Waals surface area (Å²) in [5.41, 5.74) is 4.60. The van der Waals surface area contributed by atoms with Crippen LogP contribution in [-0.4, -0.2) is 55.6 Å². The molecule has 1 aliphatic heterocycles. The van der Waals surface area contributed by atoms with Gasteiger partial charge in [-0.25, -0.2) is 0 Å². The zero-order valence-corrected chi connectivity index (χ0v) is 24.7. The van der Waals surface area contributed by atoms with Crippen molar-refractivity contribution in [3.63, 3.8) is 0 Å². The Morgan fingerprint density at radius 3 is 2.44 bits per heavy atom. The molecule has 0 unspecified atom stereocenters. The molecule has 2 amide bonds. The number of carbonyl (C=O) groups is 2. The number of carbonyl (C=O) groups excluding carboxylic acids is 2. The number of para-hydroxylation sites is 1. The van der Waals surface area contributed by atoms with Crippen LogP contribution in [0.4, 0.5) is 0 Å². The van der Waals surface area contributed by atoms with E-state index < -0.39 is 17.7 Å². The molecule has 0 fully saturated rings. The SMILES string of the molecule is Cc1ccc2c(c1)C(c1ccc(Cl)cc1)=N[C@@H](CC(=O)NCCCCCNC(=O)c1cccc(O)c1O)c1nnc(C)n1-2. The van der Waals surface area contributed by atoms with Crippen molar-refractivity contribution in [2.45, 2.75) is 45.6 Å². The maximum atomic E-state index is 13.1. The second-order valence-corrected chi connectivity index (χ2v) is 10.9. The van der Waals surface area contributed by atoms with Gasteiger partial charge in [0.2, 0.25) is 5.91 Å². The lowest BCUT2D eigenvalue weighted by atomic mass is 9.98. The minimum Gasteiger partial charge on any atom is -0.504 e. The van der Waals surface area contributed by atoms with Crippen molar-refractivity contribution in [3.05, 3.63) is 99.6 Å². The summed E-state index contributed by atoms with van der Waals surface area (Å²) in [7, 11) is 0. The van der Waals surface area contributed by atoms with Crippen LogP contribution in [0.15, 0.2) is 65.7 Å². The van der Waals surface area contributed by atoms with E-state index in [1.165, 1.54) is 18.2 Å². The second kappa shape index (κ2) is 13.1. The van der Waals surface area contributed by atoms with E-state index in [0.717, 1.165) is 40.9 Å². The van der Waals surface area contributed by atoms with Crippen LogP contribution in [0.25, 0.3) is 5.69 Å². The largest absolute Gasteiger partial charge is 0.504 e. The molecule has 0 radical (unpaired) electrons. The number of nitrogens with zero attached hydrogens (tertiary/aromatic N) is 4. The normalized spacial score (nSPS) is 13.8. The van der Waals surface area contributed by atoms with Gasteiger partial charge in [0, 0.05) is 29.2 Å². The number of aliphatic imine (C=N–C) groups is 1. The molecule has 43 heavy (non-hydrogen) atoms. The summed E-state index contributed by atoms with van der Waals surface area (Å²) in [4.78, 5) is 30.4. The molecule has 0 saturated carbocycles. The van der Waals surface area contributed by atoms with E-state index in [9.17, 15) is 19.8 Å². The minimum absolute atomic E-state index is 0.0249. The van der Waals surface area contributed by atoms with E-state index in [1.807, 2.05) is 54.8 Å². The van der Waals surface area contributed by atoms with Crippen LogP contribution >= 0.6 is 11.6 Å². The maximum Gasteiger partial charge on any atom is 0.255 e. The smallest absolute Gasteiger partial charge is 0.255 e. The molecule has 2 heterocycles. The fraction of sp³-hybridized carbons (Fsp3) is 0.281. The lowest BCUT2D eigenvalue weighted by Gasteiger charge is -2.13. The molecule has 1 aliphatic rings. The van der Waals surface area contributed by atoms with Crippen LogP contribution < -0.4 is 10.6 Å². The molecule has 1 aromatic heterocycles. The van der Waals surface area contributed by atoms with E-state index in [2.05, 4.69) is 26.9 Å². The van der Waals surface area contributed by atoms with Gasteiger partial charge < -0.3 is 20.8 Å². The third-order valence-electron chi connectivity index (χ3n) is 7.30. The average Bonchev–Trinajstić information content (AvgIpc) is 3.31. The molecular weight excluding hydrogens is 568 g/mol. The zero-order valence-electron chi connectivity index (χ0n) is 24.0. The van der Waals surface area contributed by atoms with Gasteiger partial charge in [0.25, 0.3) is 5.91 Å². The van der Waals surface area contributed by atoms with Crippen LogP contribution in [0.2, 0.25) is 5.02 Å². The van der Waals surface area contributed by atoms with Gasteiger partial charge in [0.05, 0.1) is 23.4 Å². The van der Waals surface area contributed by atoms with E-state index in [1.54, 1.807) is 0 Å². The standard InChI is InChI=1S/C32H33ClN6O4/c1-19-9-14-26-24(17-19)29(21-10-12-22(33)13-11-21)36-25(31-38-37-20(2)39(26)31)18-28(41)34-15-4-3-5-16-35-32(43)23-7-6-8-27(40)30(23)42/h6-14,17,25,40,42H,3-5,15-16,18H2,1-2H3,(H,34,41)(H,35,43)/t25-/m0/s1. The molecule has 5 rings (SSSR count). The summed E-state index contributed by atoms with van der Waals surface area (Å²) in [5, 5.41) is 34.5. The average molecular weight is 601 g/mol. The second-order valence-electron chi connectivity index (χ2n) is 10.5. The number of unbranched alkanes of at least 4 members (excludes halogenated alkanes) is 2. The molecule has 4 aromatic rings. The fourth-order valence-corrected chi connectivity index (χ4v) is 5.22. The van der Waals surface area contributed by atoms with Gasteiger partial charge in [0.15, 0.2) is 17.3 Å². The number of hydrogen-bond donors (Lipinski definition) is 4. The van der Waals surface area contributed by atoms with E-state index in [0.29, 0.717) is 36.2 Å². The van der Waals surface area contributed by atoms with Crippen molar-refractivity contribution in [1.82, 2.24) is 25.4 Å². The number of aromatic hydroxyl groups is 2. The Morgan fingerprint density at radius 1 is 0.930 bits per heavy atom. The first-order chi connectivity index (χ1) is 20.7. The summed E-state index contributed by atoms with van der Waals surface area (Å²) in [5.74, 6) is -0.0579. The molecule has 11 heteroatoms. The Labute approximate surface area is 254 Å². The molecule has 0 aliphatic carbocycles. The Balaban J connectivity index is 1.21. The highest BCUT2D eigenvalue weighted by molar-refractivity contribution is 6.30. The number of rotatable bonds is 10. The van der Waals surface area contributed by atoms with Crippen LogP contribution in [0.3, 0.4) is 0 Å². The first-order valence-corrected chi connectivity index (χ1v) is 14.5. The molecule has 0 spiro atoms. The number of halogens is 1. The van der Waals surface area contributed by atoms with E-state index in [-0.39, 0.29) is 23.6 Å². The lowest BCUT2D eigenvalue weighted by molar-refractivity contribution is -0.121. The predicted octanol–water partition coefficient (Wildman–Crippen LogP) is 4.95. The number of fused-ring (bicyclic) bond motifs is 3. The third kappa shape index (κ3) is 6.70. The monoisotopic (exact) mass is 600 g/mol. The van der Waals surface area contributed by atoms with Crippen molar-refractivity contribution >= 4 is 29.1 Å². The van der Waals surface area contributed by atoms with Crippen LogP contribution in [0.5, 0.6) is 11.5 Å². The van der Waals surface area contributed by atoms with E-state index in [4.69, 9.17) is 16.6 Å². The van der Waals surface area contributed by atoms with Gasteiger partial charge in [-0.15, -0.1) is 10.2 Å². The van der Waals surface area contributed by atoms with Gasteiger partial charge in [-0.05, 0) is 69.5 Å². The number of nitrogens with one attached hydrogen (secondary N) is 2. The van der Waals surface area contributed by atoms with Crippen molar-refractivity contribution in [2.75, 3.05) is 13.1 Å². The third-order valence-corrected chi connectivity index (χ3v) is 7.55. The number of phenolic OH excluding ortho intramolecular Hbond substituents is 2. The molecule has 3 aromatic carbocycles. The summed E-state index contributed by atoms with van der Waals surface area (Å²) >= 11 is 6.17. The molecule has 10 nitrogen and oxygen atoms in total. The molecule has 222 valence electrons. The lowest BCUT2D eigenvalue weighted by Crippen LogP contribution is -2.27. The Kier molecular flexibility index (Phi) is 9.06. The van der Waals surface area contributed by atoms with Crippen molar-refractivity contribution in [2.24, 2.45) is 4.99 Å². The molecule has 0 bridgehead atoms. The van der Waals surface area contributed by atoms with Crippen LogP contribution in [-0.2, 0) is 4.79 Å². The number of hydrogen-bond acceptors (Lipinski definition) is 7. The quantitative estimate of drug-likeness (QED) is 0.150. The molecule has 4 N–H and O–H groups in total. The summed E-state index contributed by atoms with van der Waals surface area (Å²) < 4.78 is 1.98. The summed E-state index contributed by atoms with van der Waals surface area (Å²) in [6.45, 7) is 4.80. The van der Waals surface area contributed by atoms with Crippen molar-refractivity contribution in [1.29, 1.82) is 0 Å². The van der Waals surface area contributed by atoms with Gasteiger partial charge in [-0.2, -0.15) is 0 Å². The maximum absolute atomic E-state index is 13.1. The minimum atomic E-state index is -0.552. The van der Waals surface area contributed by atoms with Gasteiger partial charge >= 0.3 is 0 Å². The van der Waals surface area contributed by atoms with Gasteiger partial charge in [-0.1, -0.05) is 41.4 Å². The summed E-state index contributed by atoms with van der Waals surface area (Å²) in [6.07, 6.45) is 2.30. The van der Waals surface area contributed by atoms with Crippen molar-refractivity contribution < 1.29 is 19.8 Å². The Morgan fingerprint density at radius 2 is 1.67 bits per heavy atom. The van der Waals surface area contributed by atoms with Crippen LogP contribution in [0.1, 0.15) is 70.4 Å². The number of benzene rings is 3. The molecule has 0 saturated heterocycles. The Bertz CT molecular complexity index is 1680. The van der Waals surface area contributed by atoms with Crippen LogP contribution in [0, 0.1) is 13.8 Å².